The first-order valence-electron chi connectivity index (χ1n) is 29.3. The van der Waals surface area contributed by atoms with Crippen LogP contribution >= 0.6 is 0 Å². The summed E-state index contributed by atoms with van der Waals surface area (Å²) in [4.78, 5) is 37.8. The predicted molar refractivity (Wildman–Crippen MR) is 284 cm³/mol. The zero-order valence-corrected chi connectivity index (χ0v) is 44.5. The van der Waals surface area contributed by atoms with Crippen LogP contribution in [-0.2, 0) is 28.6 Å². The van der Waals surface area contributed by atoms with E-state index in [1.165, 1.54) is 212 Å². The van der Waals surface area contributed by atoms with Crippen molar-refractivity contribution in [3.63, 3.8) is 0 Å². The highest BCUT2D eigenvalue weighted by atomic mass is 16.6. The fourth-order valence-electron chi connectivity index (χ4n) is 8.77. The van der Waals surface area contributed by atoms with Crippen molar-refractivity contribution in [2.45, 2.75) is 329 Å². The lowest BCUT2D eigenvalue weighted by molar-refractivity contribution is -0.167. The van der Waals surface area contributed by atoms with Gasteiger partial charge < -0.3 is 14.2 Å². The molecule has 0 aliphatic heterocycles. The van der Waals surface area contributed by atoms with Gasteiger partial charge in [-0.3, -0.25) is 14.4 Å². The number of carbonyl (C=O) groups excluding carboxylic acids is 3. The van der Waals surface area contributed by atoms with Gasteiger partial charge >= 0.3 is 17.9 Å². The minimum atomic E-state index is -0.766. The zero-order chi connectivity index (χ0) is 47.9. The summed E-state index contributed by atoms with van der Waals surface area (Å²) in [5.41, 5.74) is 0. The lowest BCUT2D eigenvalue weighted by Gasteiger charge is -2.18. The number of ether oxygens (including phenoxy) is 3. The number of allylic oxidation sites excluding steroid dienone is 4. The molecule has 0 fully saturated rings. The van der Waals surface area contributed by atoms with Crippen molar-refractivity contribution in [3.8, 4) is 0 Å². The van der Waals surface area contributed by atoms with Crippen molar-refractivity contribution in [2.24, 2.45) is 0 Å². The average molecular weight is 930 g/mol. The Kier molecular flexibility index (Phi) is 53.7. The van der Waals surface area contributed by atoms with Crippen molar-refractivity contribution in [1.82, 2.24) is 0 Å². The van der Waals surface area contributed by atoms with E-state index in [1.807, 2.05) is 0 Å². The molecular weight excluding hydrogens is 817 g/mol. The lowest BCUT2D eigenvalue weighted by Crippen LogP contribution is -2.30. The Morgan fingerprint density at radius 1 is 0.303 bits per heavy atom. The van der Waals surface area contributed by atoms with Crippen molar-refractivity contribution >= 4 is 17.9 Å². The molecule has 6 nitrogen and oxygen atoms in total. The molecule has 0 aromatic rings. The number of esters is 3. The Morgan fingerprint density at radius 2 is 0.545 bits per heavy atom. The van der Waals surface area contributed by atoms with Crippen LogP contribution in [0.1, 0.15) is 323 Å². The number of carbonyl (C=O) groups is 3. The van der Waals surface area contributed by atoms with E-state index >= 15 is 0 Å². The molecule has 0 aliphatic rings. The molecule has 66 heavy (non-hydrogen) atoms. The van der Waals surface area contributed by atoms with Crippen molar-refractivity contribution in [2.75, 3.05) is 13.2 Å². The third kappa shape index (κ3) is 52.9. The van der Waals surface area contributed by atoms with Gasteiger partial charge in [0.15, 0.2) is 6.10 Å². The van der Waals surface area contributed by atoms with Crippen molar-refractivity contribution in [3.05, 3.63) is 24.3 Å². The van der Waals surface area contributed by atoms with Crippen LogP contribution in [0.2, 0.25) is 0 Å². The summed E-state index contributed by atoms with van der Waals surface area (Å²) in [5.74, 6) is -0.869. The average Bonchev–Trinajstić information content (AvgIpc) is 3.31. The van der Waals surface area contributed by atoms with Gasteiger partial charge in [-0.2, -0.15) is 0 Å². The number of unbranched alkanes of at least 4 members (excludes halogenated alkanes) is 39. The first-order chi connectivity index (χ1) is 32.5. The van der Waals surface area contributed by atoms with Gasteiger partial charge in [0.1, 0.15) is 13.2 Å². The SMILES string of the molecule is CCCCC/C=C\C/C=C\CCCCCCCCCCCC(=O)OC(COC(=O)CCCCCCC)COC(=O)CCCCCCCCCCCCCCCCCCCCCCCCCC. The number of rotatable bonds is 54. The summed E-state index contributed by atoms with van der Waals surface area (Å²) in [6.07, 6.45) is 65.1. The van der Waals surface area contributed by atoms with Gasteiger partial charge in [0.2, 0.25) is 0 Å². The van der Waals surface area contributed by atoms with Gasteiger partial charge in [-0.05, 0) is 51.4 Å². The second-order valence-corrected chi connectivity index (χ2v) is 19.9. The van der Waals surface area contributed by atoms with E-state index in [-0.39, 0.29) is 31.1 Å². The highest BCUT2D eigenvalue weighted by Gasteiger charge is 2.19. The molecule has 0 saturated carbocycles. The molecule has 0 heterocycles. The molecule has 0 bridgehead atoms. The Bertz CT molecular complexity index is 1070. The van der Waals surface area contributed by atoms with E-state index in [2.05, 4.69) is 45.1 Å². The Morgan fingerprint density at radius 3 is 0.864 bits per heavy atom. The quantitative estimate of drug-likeness (QED) is 0.0262. The maximum Gasteiger partial charge on any atom is 0.306 e. The maximum absolute atomic E-state index is 12.8. The van der Waals surface area contributed by atoms with E-state index < -0.39 is 6.10 Å². The van der Waals surface area contributed by atoms with Crippen molar-refractivity contribution in [1.29, 1.82) is 0 Å². The van der Waals surface area contributed by atoms with Crippen LogP contribution in [0, 0.1) is 0 Å². The molecule has 0 amide bonds. The van der Waals surface area contributed by atoms with Crippen LogP contribution in [0.25, 0.3) is 0 Å². The Hall–Kier alpha value is -2.11. The van der Waals surface area contributed by atoms with Gasteiger partial charge in [-0.25, -0.2) is 0 Å². The lowest BCUT2D eigenvalue weighted by atomic mass is 10.0. The fraction of sp³-hybridized carbons (Fsp3) is 0.883. The number of hydrogen-bond donors (Lipinski definition) is 0. The first kappa shape index (κ1) is 63.9. The van der Waals surface area contributed by atoms with Crippen LogP contribution in [0.3, 0.4) is 0 Å². The van der Waals surface area contributed by atoms with Crippen molar-refractivity contribution < 1.29 is 28.6 Å². The summed E-state index contributed by atoms with van der Waals surface area (Å²) >= 11 is 0. The third-order valence-corrected chi connectivity index (χ3v) is 13.2. The first-order valence-corrected chi connectivity index (χ1v) is 29.3. The van der Waals surface area contributed by atoms with Crippen LogP contribution in [0.15, 0.2) is 24.3 Å². The topological polar surface area (TPSA) is 78.9 Å². The molecule has 0 saturated heterocycles. The Labute approximate surface area is 411 Å². The van der Waals surface area contributed by atoms with Crippen LogP contribution in [-0.4, -0.2) is 37.2 Å². The zero-order valence-electron chi connectivity index (χ0n) is 44.5. The molecule has 0 aromatic carbocycles. The van der Waals surface area contributed by atoms with E-state index in [0.717, 1.165) is 70.6 Å². The number of hydrogen-bond acceptors (Lipinski definition) is 6. The summed E-state index contributed by atoms with van der Waals surface area (Å²) in [6, 6.07) is 0. The summed E-state index contributed by atoms with van der Waals surface area (Å²) in [5, 5.41) is 0. The molecule has 1 atom stereocenters. The van der Waals surface area contributed by atoms with Gasteiger partial charge in [0.05, 0.1) is 0 Å². The van der Waals surface area contributed by atoms with E-state index in [1.54, 1.807) is 0 Å². The second kappa shape index (κ2) is 55.5. The highest BCUT2D eigenvalue weighted by molar-refractivity contribution is 5.71. The van der Waals surface area contributed by atoms with Crippen LogP contribution < -0.4 is 0 Å². The molecule has 0 radical (unpaired) electrons. The normalized spacial score (nSPS) is 12.1. The van der Waals surface area contributed by atoms with Crippen LogP contribution in [0.4, 0.5) is 0 Å². The molecule has 0 aromatic heterocycles. The maximum atomic E-state index is 12.8. The largest absolute Gasteiger partial charge is 0.462 e. The summed E-state index contributed by atoms with van der Waals surface area (Å²) < 4.78 is 16.7. The predicted octanol–water partition coefficient (Wildman–Crippen LogP) is 19.5. The molecule has 6 heteroatoms. The second-order valence-electron chi connectivity index (χ2n) is 19.9. The summed E-state index contributed by atoms with van der Waals surface area (Å²) in [7, 11) is 0. The molecule has 0 aliphatic carbocycles. The molecule has 0 spiro atoms. The highest BCUT2D eigenvalue weighted by Crippen LogP contribution is 2.17. The Balaban J connectivity index is 4.02. The third-order valence-electron chi connectivity index (χ3n) is 13.2. The molecule has 0 N–H and O–H groups in total. The molecule has 1 unspecified atom stereocenters. The van der Waals surface area contributed by atoms with Gasteiger partial charge in [0, 0.05) is 19.3 Å². The molecule has 0 rings (SSSR count). The van der Waals surface area contributed by atoms with Crippen LogP contribution in [0.5, 0.6) is 0 Å². The van der Waals surface area contributed by atoms with Gasteiger partial charge in [-0.1, -0.05) is 276 Å². The summed E-state index contributed by atoms with van der Waals surface area (Å²) in [6.45, 7) is 6.58. The smallest absolute Gasteiger partial charge is 0.306 e. The van der Waals surface area contributed by atoms with E-state index in [0.29, 0.717) is 19.3 Å². The van der Waals surface area contributed by atoms with Gasteiger partial charge in [0.25, 0.3) is 0 Å². The standard InChI is InChI=1S/C60H112O6/c1-4-7-10-13-15-17-19-21-23-25-27-28-29-30-31-33-34-36-38-40-42-44-47-50-53-59(62)65-56-57(55-64-58(61)52-49-46-12-9-6-3)66-60(63)54-51-48-45-43-41-39-37-35-32-26-24-22-20-18-16-14-11-8-5-2/h16,18,22,24,57H,4-15,17,19-21,23,25-56H2,1-3H3/b18-16-,24-22-. The van der Waals surface area contributed by atoms with Gasteiger partial charge in [-0.15, -0.1) is 0 Å². The van der Waals surface area contributed by atoms with E-state index in [4.69, 9.17) is 14.2 Å². The monoisotopic (exact) mass is 929 g/mol. The fourth-order valence-corrected chi connectivity index (χ4v) is 8.77. The minimum Gasteiger partial charge on any atom is -0.462 e. The molecular formula is C60H112O6. The molecule has 388 valence electrons. The minimum absolute atomic E-state index is 0.0689. The van der Waals surface area contributed by atoms with E-state index in [9.17, 15) is 14.4 Å².